The van der Waals surface area contributed by atoms with Crippen LogP contribution in [0, 0.1) is 0 Å². The smallest absolute Gasteiger partial charge is 0.319 e. The predicted molar refractivity (Wildman–Crippen MR) is 98.7 cm³/mol. The van der Waals surface area contributed by atoms with Gasteiger partial charge in [-0.25, -0.2) is 4.79 Å². The number of urea groups is 1. The van der Waals surface area contributed by atoms with E-state index < -0.39 is 0 Å². The Kier molecular flexibility index (Phi) is 6.85. The SMILES string of the molecule is CN(C)CCN(Cc1cccnc1)C(=O)Nc1cc(Cl)cc(Cl)c1. The summed E-state index contributed by atoms with van der Waals surface area (Å²) in [5.74, 6) is 0. The van der Waals surface area contributed by atoms with Crippen LogP contribution in [0.1, 0.15) is 5.56 Å². The van der Waals surface area contributed by atoms with Crippen molar-refractivity contribution in [2.75, 3.05) is 32.5 Å². The van der Waals surface area contributed by atoms with Crippen LogP contribution in [0.4, 0.5) is 10.5 Å². The van der Waals surface area contributed by atoms with Crippen molar-refractivity contribution in [2.45, 2.75) is 6.54 Å². The second-order valence-electron chi connectivity index (χ2n) is 5.67. The summed E-state index contributed by atoms with van der Waals surface area (Å²) in [5.41, 5.74) is 1.54. The summed E-state index contributed by atoms with van der Waals surface area (Å²) in [6.07, 6.45) is 3.47. The van der Waals surface area contributed by atoms with E-state index >= 15 is 0 Å². The van der Waals surface area contributed by atoms with Crippen LogP contribution in [0.25, 0.3) is 0 Å². The molecule has 24 heavy (non-hydrogen) atoms. The molecule has 2 aromatic rings. The molecule has 1 aromatic heterocycles. The molecule has 0 saturated heterocycles. The van der Waals surface area contributed by atoms with Gasteiger partial charge in [-0.1, -0.05) is 29.3 Å². The molecule has 0 radical (unpaired) electrons. The number of aromatic nitrogens is 1. The summed E-state index contributed by atoms with van der Waals surface area (Å²) >= 11 is 12.0. The van der Waals surface area contributed by atoms with Gasteiger partial charge in [0.05, 0.1) is 0 Å². The molecule has 0 unspecified atom stereocenters. The first-order valence-electron chi connectivity index (χ1n) is 7.49. The van der Waals surface area contributed by atoms with Gasteiger partial charge in [-0.3, -0.25) is 4.98 Å². The van der Waals surface area contributed by atoms with E-state index in [1.807, 2.05) is 31.1 Å². The maximum Gasteiger partial charge on any atom is 0.322 e. The van der Waals surface area contributed by atoms with Gasteiger partial charge >= 0.3 is 6.03 Å². The van der Waals surface area contributed by atoms with Gasteiger partial charge in [-0.2, -0.15) is 0 Å². The average Bonchev–Trinajstić information content (AvgIpc) is 2.51. The largest absolute Gasteiger partial charge is 0.322 e. The summed E-state index contributed by atoms with van der Waals surface area (Å²) in [7, 11) is 3.94. The molecule has 0 fully saturated rings. The molecule has 0 saturated carbocycles. The summed E-state index contributed by atoms with van der Waals surface area (Å²) in [6.45, 7) is 1.81. The molecular weight excluding hydrogens is 347 g/mol. The number of anilines is 1. The summed E-state index contributed by atoms with van der Waals surface area (Å²) in [5, 5.41) is 3.80. The number of likely N-dealkylation sites (N-methyl/N-ethyl adjacent to an activating group) is 1. The van der Waals surface area contributed by atoms with Crippen LogP contribution >= 0.6 is 23.2 Å². The van der Waals surface area contributed by atoms with Gasteiger partial charge in [0, 0.05) is 47.8 Å². The molecule has 1 N–H and O–H groups in total. The monoisotopic (exact) mass is 366 g/mol. The molecule has 128 valence electrons. The number of halogens is 2. The number of benzene rings is 1. The highest BCUT2D eigenvalue weighted by molar-refractivity contribution is 6.35. The van der Waals surface area contributed by atoms with E-state index in [-0.39, 0.29) is 6.03 Å². The molecule has 0 aliphatic carbocycles. The molecule has 0 bridgehead atoms. The standard InChI is InChI=1S/C17H20Cl2N4O/c1-22(2)6-7-23(12-13-4-3-5-20-11-13)17(24)21-16-9-14(18)8-15(19)10-16/h3-5,8-11H,6-7,12H2,1-2H3,(H,21,24). The molecule has 0 atom stereocenters. The first-order chi connectivity index (χ1) is 11.4. The molecule has 0 aliphatic rings. The number of carbonyl (C=O) groups is 1. The lowest BCUT2D eigenvalue weighted by atomic mass is 10.2. The molecule has 0 spiro atoms. The fraction of sp³-hybridized carbons (Fsp3) is 0.294. The molecule has 5 nitrogen and oxygen atoms in total. The van der Waals surface area contributed by atoms with Crippen LogP contribution in [-0.4, -0.2) is 48.0 Å². The van der Waals surface area contributed by atoms with Crippen molar-refractivity contribution in [3.8, 4) is 0 Å². The van der Waals surface area contributed by atoms with E-state index in [4.69, 9.17) is 23.2 Å². The summed E-state index contributed by atoms with van der Waals surface area (Å²) in [4.78, 5) is 20.5. The van der Waals surface area contributed by atoms with E-state index in [0.717, 1.165) is 12.1 Å². The topological polar surface area (TPSA) is 48.5 Å². The van der Waals surface area contributed by atoms with Gasteiger partial charge in [0.1, 0.15) is 0 Å². The van der Waals surface area contributed by atoms with Gasteiger partial charge in [0.15, 0.2) is 0 Å². The molecule has 1 aromatic carbocycles. The van der Waals surface area contributed by atoms with Crippen molar-refractivity contribution in [2.24, 2.45) is 0 Å². The summed E-state index contributed by atoms with van der Waals surface area (Å²) in [6, 6.07) is 8.55. The number of rotatable bonds is 6. The minimum Gasteiger partial charge on any atom is -0.319 e. The van der Waals surface area contributed by atoms with E-state index in [2.05, 4.69) is 10.3 Å². The predicted octanol–water partition coefficient (Wildman–Crippen LogP) is 3.98. The van der Waals surface area contributed by atoms with Crippen molar-refractivity contribution < 1.29 is 4.79 Å². The lowest BCUT2D eigenvalue weighted by Crippen LogP contribution is -2.39. The maximum atomic E-state index is 12.6. The lowest BCUT2D eigenvalue weighted by molar-refractivity contribution is 0.202. The van der Waals surface area contributed by atoms with Crippen LogP contribution in [0.2, 0.25) is 10.0 Å². The second kappa shape index (κ2) is 8.87. The molecular formula is C17H20Cl2N4O. The Labute approximate surface area is 152 Å². The van der Waals surface area contributed by atoms with E-state index in [9.17, 15) is 4.79 Å². The van der Waals surface area contributed by atoms with Crippen molar-refractivity contribution in [1.29, 1.82) is 0 Å². The number of hydrogen-bond donors (Lipinski definition) is 1. The van der Waals surface area contributed by atoms with Crippen LogP contribution < -0.4 is 5.32 Å². The lowest BCUT2D eigenvalue weighted by Gasteiger charge is -2.25. The number of hydrogen-bond acceptors (Lipinski definition) is 3. The minimum absolute atomic E-state index is 0.209. The van der Waals surface area contributed by atoms with Crippen molar-refractivity contribution in [1.82, 2.24) is 14.8 Å². The fourth-order valence-electron chi connectivity index (χ4n) is 2.11. The Hall–Kier alpha value is -1.82. The van der Waals surface area contributed by atoms with Crippen molar-refractivity contribution in [3.63, 3.8) is 0 Å². The molecule has 0 aliphatic heterocycles. The first kappa shape index (κ1) is 18.5. The zero-order chi connectivity index (χ0) is 17.5. The first-order valence-corrected chi connectivity index (χ1v) is 8.25. The third-order valence-electron chi connectivity index (χ3n) is 3.31. The van der Waals surface area contributed by atoms with E-state index in [1.54, 1.807) is 35.5 Å². The number of carbonyl (C=O) groups excluding carboxylic acids is 1. The highest BCUT2D eigenvalue weighted by Gasteiger charge is 2.15. The Bertz CT molecular complexity index is 659. The zero-order valence-corrected chi connectivity index (χ0v) is 15.2. The maximum absolute atomic E-state index is 12.6. The van der Waals surface area contributed by atoms with Crippen molar-refractivity contribution >= 4 is 34.9 Å². The van der Waals surface area contributed by atoms with Gasteiger partial charge in [0.2, 0.25) is 0 Å². The Morgan fingerprint density at radius 2 is 1.88 bits per heavy atom. The molecule has 1 heterocycles. The average molecular weight is 367 g/mol. The van der Waals surface area contributed by atoms with Crippen LogP contribution in [-0.2, 0) is 6.54 Å². The number of pyridine rings is 1. The normalized spacial score (nSPS) is 10.7. The number of nitrogens with zero attached hydrogens (tertiary/aromatic N) is 3. The van der Waals surface area contributed by atoms with Gasteiger partial charge < -0.3 is 15.1 Å². The van der Waals surface area contributed by atoms with E-state index in [0.29, 0.717) is 28.8 Å². The third-order valence-corrected chi connectivity index (χ3v) is 3.75. The van der Waals surface area contributed by atoms with Crippen molar-refractivity contribution in [3.05, 3.63) is 58.3 Å². The second-order valence-corrected chi connectivity index (χ2v) is 6.55. The van der Waals surface area contributed by atoms with Crippen LogP contribution in [0.5, 0.6) is 0 Å². The van der Waals surface area contributed by atoms with Gasteiger partial charge in [-0.05, 0) is 43.9 Å². The molecule has 2 rings (SSSR count). The quantitative estimate of drug-likeness (QED) is 0.840. The van der Waals surface area contributed by atoms with E-state index in [1.165, 1.54) is 0 Å². The fourth-order valence-corrected chi connectivity index (χ4v) is 2.64. The minimum atomic E-state index is -0.209. The van der Waals surface area contributed by atoms with Crippen LogP contribution in [0.3, 0.4) is 0 Å². The summed E-state index contributed by atoms with van der Waals surface area (Å²) < 4.78 is 0. The highest BCUT2D eigenvalue weighted by Crippen LogP contribution is 2.22. The third kappa shape index (κ3) is 6.00. The Morgan fingerprint density at radius 3 is 2.46 bits per heavy atom. The van der Waals surface area contributed by atoms with Gasteiger partial charge in [0.25, 0.3) is 0 Å². The highest BCUT2D eigenvalue weighted by atomic mass is 35.5. The number of nitrogens with one attached hydrogen (secondary N) is 1. The zero-order valence-electron chi connectivity index (χ0n) is 13.7. The molecule has 2 amide bonds. The Balaban J connectivity index is 2.10. The number of amides is 2. The van der Waals surface area contributed by atoms with Gasteiger partial charge in [-0.15, -0.1) is 0 Å². The molecule has 7 heteroatoms. The Morgan fingerprint density at radius 1 is 1.17 bits per heavy atom. The van der Waals surface area contributed by atoms with Crippen LogP contribution in [0.15, 0.2) is 42.7 Å².